The number of benzene rings is 2. The van der Waals surface area contributed by atoms with E-state index in [0.29, 0.717) is 23.7 Å². The van der Waals surface area contributed by atoms with Crippen molar-refractivity contribution < 1.29 is 23.0 Å². The molecule has 2 aromatic rings. The van der Waals surface area contributed by atoms with Gasteiger partial charge in [0.2, 0.25) is 0 Å². The van der Waals surface area contributed by atoms with Crippen molar-refractivity contribution in [2.45, 2.75) is 33.0 Å². The Kier molecular flexibility index (Phi) is 7.21. The fraction of sp³-hybridized carbons (Fsp3) is 0.316. The molecule has 0 saturated carbocycles. The van der Waals surface area contributed by atoms with Crippen LogP contribution in [0.3, 0.4) is 0 Å². The molecule has 0 aliphatic rings. The first-order valence-corrected chi connectivity index (χ1v) is 8.47. The van der Waals surface area contributed by atoms with Gasteiger partial charge in [0.15, 0.2) is 6.10 Å². The van der Waals surface area contributed by atoms with Gasteiger partial charge in [0.25, 0.3) is 5.91 Å². The molecule has 1 atom stereocenters. The zero-order valence-corrected chi connectivity index (χ0v) is 15.2. The highest BCUT2D eigenvalue weighted by Crippen LogP contribution is 2.22. The number of hydrogen-bond acceptors (Lipinski definition) is 3. The Labute approximate surface area is 156 Å². The summed E-state index contributed by atoms with van der Waals surface area (Å²) in [7, 11) is 0. The van der Waals surface area contributed by atoms with Gasteiger partial charge >= 0.3 is 6.61 Å². The average Bonchev–Trinajstić information content (AvgIpc) is 2.58. The van der Waals surface area contributed by atoms with Crippen molar-refractivity contribution in [3.05, 3.63) is 58.6 Å². The Morgan fingerprint density at radius 3 is 2.46 bits per heavy atom. The van der Waals surface area contributed by atoms with Gasteiger partial charge < -0.3 is 14.8 Å². The molecule has 26 heavy (non-hydrogen) atoms. The summed E-state index contributed by atoms with van der Waals surface area (Å²) in [6.07, 6.45) is -0.0930. The van der Waals surface area contributed by atoms with Crippen LogP contribution in [0.25, 0.3) is 0 Å². The van der Waals surface area contributed by atoms with Crippen molar-refractivity contribution in [2.24, 2.45) is 0 Å². The summed E-state index contributed by atoms with van der Waals surface area (Å²) in [6.45, 7) is 1.08. The minimum absolute atomic E-state index is 0.105. The number of carbonyl (C=O) groups excluding carboxylic acids is 1. The maximum absolute atomic E-state index is 12.1. The van der Waals surface area contributed by atoms with Gasteiger partial charge in [-0.25, -0.2) is 0 Å². The fourth-order valence-electron chi connectivity index (χ4n) is 2.30. The molecule has 1 unspecified atom stereocenters. The number of alkyl halides is 2. The maximum atomic E-state index is 12.1. The van der Waals surface area contributed by atoms with E-state index in [1.54, 1.807) is 37.3 Å². The smallest absolute Gasteiger partial charge is 0.387 e. The van der Waals surface area contributed by atoms with E-state index in [1.807, 2.05) is 6.92 Å². The molecule has 0 aromatic heterocycles. The summed E-state index contributed by atoms with van der Waals surface area (Å²) in [5, 5.41) is 3.40. The van der Waals surface area contributed by atoms with Crippen LogP contribution in [0.15, 0.2) is 42.5 Å². The standard InChI is InChI=1S/C19H20ClF2NO3/c1-12-11-15(20)5-8-17(12)25-13(2)18(24)23-10-9-14-3-6-16(7-4-14)26-19(21)22/h3-8,11,13,19H,9-10H2,1-2H3,(H,23,24). The Balaban J connectivity index is 1.78. The molecule has 4 nitrogen and oxygen atoms in total. The first-order chi connectivity index (χ1) is 12.3. The third-order valence-electron chi connectivity index (χ3n) is 3.67. The number of halogens is 3. The van der Waals surface area contributed by atoms with Gasteiger partial charge in [-0.3, -0.25) is 4.79 Å². The molecular weight excluding hydrogens is 364 g/mol. The van der Waals surface area contributed by atoms with E-state index >= 15 is 0 Å². The second-order valence-electron chi connectivity index (χ2n) is 5.73. The lowest BCUT2D eigenvalue weighted by Crippen LogP contribution is -2.37. The van der Waals surface area contributed by atoms with E-state index < -0.39 is 12.7 Å². The number of nitrogens with one attached hydrogen (secondary N) is 1. The number of amides is 1. The predicted molar refractivity (Wildman–Crippen MR) is 96.1 cm³/mol. The molecule has 0 fully saturated rings. The van der Waals surface area contributed by atoms with E-state index in [9.17, 15) is 13.6 Å². The van der Waals surface area contributed by atoms with Crippen molar-refractivity contribution in [3.8, 4) is 11.5 Å². The van der Waals surface area contributed by atoms with Gasteiger partial charge in [0.05, 0.1) is 0 Å². The van der Waals surface area contributed by atoms with E-state index in [4.69, 9.17) is 16.3 Å². The van der Waals surface area contributed by atoms with Gasteiger partial charge in [0, 0.05) is 11.6 Å². The highest BCUT2D eigenvalue weighted by Gasteiger charge is 2.15. The van der Waals surface area contributed by atoms with Crippen molar-refractivity contribution in [2.75, 3.05) is 6.54 Å². The Hall–Kier alpha value is -2.34. The Bertz CT molecular complexity index is 738. The number of hydrogen-bond donors (Lipinski definition) is 1. The SMILES string of the molecule is Cc1cc(Cl)ccc1OC(C)C(=O)NCCc1ccc(OC(F)F)cc1. The number of rotatable bonds is 8. The first kappa shape index (κ1) is 20.0. The molecule has 2 aromatic carbocycles. The Morgan fingerprint density at radius 2 is 1.85 bits per heavy atom. The van der Waals surface area contributed by atoms with E-state index in [-0.39, 0.29) is 11.7 Å². The van der Waals surface area contributed by atoms with E-state index in [1.165, 1.54) is 12.1 Å². The minimum Gasteiger partial charge on any atom is -0.481 e. The molecule has 0 saturated heterocycles. The zero-order chi connectivity index (χ0) is 19.1. The lowest BCUT2D eigenvalue weighted by atomic mass is 10.1. The zero-order valence-electron chi connectivity index (χ0n) is 14.5. The van der Waals surface area contributed by atoms with Crippen LogP contribution < -0.4 is 14.8 Å². The largest absolute Gasteiger partial charge is 0.481 e. The Morgan fingerprint density at radius 1 is 1.15 bits per heavy atom. The van der Waals surface area contributed by atoms with Crippen LogP contribution in [-0.4, -0.2) is 25.2 Å². The number of carbonyl (C=O) groups is 1. The maximum Gasteiger partial charge on any atom is 0.387 e. The highest BCUT2D eigenvalue weighted by atomic mass is 35.5. The van der Waals surface area contributed by atoms with Crippen LogP contribution in [0.5, 0.6) is 11.5 Å². The van der Waals surface area contributed by atoms with Crippen LogP contribution in [0.2, 0.25) is 5.02 Å². The topological polar surface area (TPSA) is 47.6 Å². The molecule has 0 spiro atoms. The molecule has 1 amide bonds. The second-order valence-corrected chi connectivity index (χ2v) is 6.17. The lowest BCUT2D eigenvalue weighted by molar-refractivity contribution is -0.127. The fourth-order valence-corrected chi connectivity index (χ4v) is 2.53. The van der Waals surface area contributed by atoms with Gasteiger partial charge in [-0.2, -0.15) is 8.78 Å². The van der Waals surface area contributed by atoms with Crippen LogP contribution in [0.1, 0.15) is 18.1 Å². The molecule has 1 N–H and O–H groups in total. The van der Waals surface area contributed by atoms with Crippen molar-refractivity contribution in [1.82, 2.24) is 5.32 Å². The quantitative estimate of drug-likeness (QED) is 0.736. The summed E-state index contributed by atoms with van der Waals surface area (Å²) >= 11 is 5.90. The van der Waals surface area contributed by atoms with Crippen molar-refractivity contribution in [1.29, 1.82) is 0 Å². The van der Waals surface area contributed by atoms with E-state index in [2.05, 4.69) is 10.1 Å². The third kappa shape index (κ3) is 6.19. The van der Waals surface area contributed by atoms with Gasteiger partial charge in [-0.15, -0.1) is 0 Å². The van der Waals surface area contributed by atoms with Crippen LogP contribution in [0.4, 0.5) is 8.78 Å². The van der Waals surface area contributed by atoms with Crippen LogP contribution in [-0.2, 0) is 11.2 Å². The van der Waals surface area contributed by atoms with Crippen LogP contribution in [0, 0.1) is 6.92 Å². The summed E-state index contributed by atoms with van der Waals surface area (Å²) in [6, 6.07) is 11.5. The normalized spacial score (nSPS) is 11.9. The molecule has 0 radical (unpaired) electrons. The monoisotopic (exact) mass is 383 g/mol. The molecule has 0 aliphatic heterocycles. The second kappa shape index (κ2) is 9.38. The lowest BCUT2D eigenvalue weighted by Gasteiger charge is -2.16. The molecule has 2 rings (SSSR count). The molecular formula is C19H20ClF2NO3. The third-order valence-corrected chi connectivity index (χ3v) is 3.91. The number of aryl methyl sites for hydroxylation is 1. The summed E-state index contributed by atoms with van der Waals surface area (Å²) < 4.78 is 34.2. The molecule has 140 valence electrons. The molecule has 0 aliphatic carbocycles. The molecule has 0 bridgehead atoms. The first-order valence-electron chi connectivity index (χ1n) is 8.09. The predicted octanol–water partition coefficient (Wildman–Crippen LogP) is 4.38. The van der Waals surface area contributed by atoms with Crippen LogP contribution >= 0.6 is 11.6 Å². The molecule has 0 heterocycles. The summed E-state index contributed by atoms with van der Waals surface area (Å²) in [5.74, 6) is 0.469. The summed E-state index contributed by atoms with van der Waals surface area (Å²) in [4.78, 5) is 12.1. The number of ether oxygens (including phenoxy) is 2. The minimum atomic E-state index is -2.84. The summed E-state index contributed by atoms with van der Waals surface area (Å²) in [5.41, 5.74) is 1.75. The highest BCUT2D eigenvalue weighted by molar-refractivity contribution is 6.30. The average molecular weight is 384 g/mol. The van der Waals surface area contributed by atoms with Crippen molar-refractivity contribution in [3.63, 3.8) is 0 Å². The van der Waals surface area contributed by atoms with Gasteiger partial charge in [-0.1, -0.05) is 23.7 Å². The van der Waals surface area contributed by atoms with E-state index in [0.717, 1.165) is 11.1 Å². The van der Waals surface area contributed by atoms with Gasteiger partial charge in [0.1, 0.15) is 11.5 Å². The van der Waals surface area contributed by atoms with Gasteiger partial charge in [-0.05, 0) is 61.7 Å². The molecule has 7 heteroatoms. The van der Waals surface area contributed by atoms with Crippen molar-refractivity contribution >= 4 is 17.5 Å².